The first-order chi connectivity index (χ1) is 9.27. The highest BCUT2D eigenvalue weighted by Crippen LogP contribution is 2.33. The molecule has 5 nitrogen and oxygen atoms in total. The van der Waals surface area contributed by atoms with Crippen molar-refractivity contribution in [3.63, 3.8) is 0 Å². The number of aromatic nitrogens is 3. The third-order valence-electron chi connectivity index (χ3n) is 3.91. The minimum atomic E-state index is -0.00746. The van der Waals surface area contributed by atoms with Gasteiger partial charge in [-0.25, -0.2) is 4.98 Å². The number of nitrogens with one attached hydrogen (secondary N) is 2. The normalized spacial score (nSPS) is 23.1. The van der Waals surface area contributed by atoms with Gasteiger partial charge in [0.1, 0.15) is 5.82 Å². The highest BCUT2D eigenvalue weighted by molar-refractivity contribution is 5.71. The summed E-state index contributed by atoms with van der Waals surface area (Å²) in [7, 11) is 0. The van der Waals surface area contributed by atoms with E-state index in [1.807, 2.05) is 19.1 Å². The minimum Gasteiger partial charge on any atom is -0.478 e. The van der Waals surface area contributed by atoms with Gasteiger partial charge in [0.25, 0.3) is 0 Å². The van der Waals surface area contributed by atoms with Gasteiger partial charge in [-0.2, -0.15) is 4.98 Å². The maximum absolute atomic E-state index is 5.42. The van der Waals surface area contributed by atoms with Crippen LogP contribution >= 0.6 is 0 Å². The van der Waals surface area contributed by atoms with Crippen LogP contribution in [0.2, 0.25) is 0 Å². The van der Waals surface area contributed by atoms with Crippen molar-refractivity contribution in [2.75, 3.05) is 13.2 Å². The summed E-state index contributed by atoms with van der Waals surface area (Å²) in [5.74, 6) is 1.64. The van der Waals surface area contributed by atoms with Crippen molar-refractivity contribution < 1.29 is 4.74 Å². The Balaban J connectivity index is 2.01. The molecule has 1 aliphatic heterocycles. The van der Waals surface area contributed by atoms with Gasteiger partial charge in [0, 0.05) is 6.07 Å². The first-order valence-electron chi connectivity index (χ1n) is 7.02. The molecule has 0 bridgehead atoms. The predicted octanol–water partition coefficient (Wildman–Crippen LogP) is 2.35. The second kappa shape index (κ2) is 4.81. The Kier molecular flexibility index (Phi) is 3.14. The van der Waals surface area contributed by atoms with Gasteiger partial charge in [0.2, 0.25) is 5.88 Å². The van der Waals surface area contributed by atoms with Crippen LogP contribution in [0.3, 0.4) is 0 Å². The second-order valence-corrected chi connectivity index (χ2v) is 5.01. The summed E-state index contributed by atoms with van der Waals surface area (Å²) in [5.41, 5.74) is 1.70. The number of hydrogen-bond donors (Lipinski definition) is 2. The van der Waals surface area contributed by atoms with Gasteiger partial charge in [-0.1, -0.05) is 6.92 Å². The molecule has 1 atom stereocenters. The molecule has 102 valence electrons. The topological polar surface area (TPSA) is 62.8 Å². The van der Waals surface area contributed by atoms with Crippen molar-refractivity contribution in [3.8, 4) is 5.88 Å². The molecule has 0 spiro atoms. The van der Waals surface area contributed by atoms with E-state index in [-0.39, 0.29) is 5.54 Å². The van der Waals surface area contributed by atoms with Crippen LogP contribution in [0.1, 0.15) is 38.9 Å². The molecule has 2 aromatic rings. The van der Waals surface area contributed by atoms with E-state index in [4.69, 9.17) is 4.74 Å². The molecule has 0 aliphatic carbocycles. The SMILES string of the molecule is CCOc1ccc2[nH]c(C3(CC)CCCN3)nc2n1. The van der Waals surface area contributed by atoms with Gasteiger partial charge in [0.05, 0.1) is 17.7 Å². The number of ether oxygens (including phenoxy) is 1. The fourth-order valence-electron chi connectivity index (χ4n) is 2.81. The molecule has 0 radical (unpaired) electrons. The number of aromatic amines is 1. The van der Waals surface area contributed by atoms with Gasteiger partial charge in [-0.05, 0) is 38.8 Å². The number of pyridine rings is 1. The van der Waals surface area contributed by atoms with E-state index in [2.05, 4.69) is 27.2 Å². The van der Waals surface area contributed by atoms with E-state index < -0.39 is 0 Å². The van der Waals surface area contributed by atoms with E-state index in [1.165, 1.54) is 6.42 Å². The summed E-state index contributed by atoms with van der Waals surface area (Å²) >= 11 is 0. The zero-order valence-electron chi connectivity index (χ0n) is 11.5. The molecule has 19 heavy (non-hydrogen) atoms. The van der Waals surface area contributed by atoms with E-state index in [1.54, 1.807) is 0 Å². The van der Waals surface area contributed by atoms with Gasteiger partial charge >= 0.3 is 0 Å². The summed E-state index contributed by atoms with van der Waals surface area (Å²) in [5, 5.41) is 3.58. The summed E-state index contributed by atoms with van der Waals surface area (Å²) < 4.78 is 5.42. The summed E-state index contributed by atoms with van der Waals surface area (Å²) in [6.45, 7) is 5.83. The van der Waals surface area contributed by atoms with Crippen molar-refractivity contribution in [2.45, 2.75) is 38.6 Å². The Bertz CT molecular complexity index is 572. The monoisotopic (exact) mass is 260 g/mol. The lowest BCUT2D eigenvalue weighted by Gasteiger charge is -2.25. The lowest BCUT2D eigenvalue weighted by molar-refractivity contribution is 0.328. The number of nitrogens with zero attached hydrogens (tertiary/aromatic N) is 2. The predicted molar refractivity (Wildman–Crippen MR) is 74.3 cm³/mol. The van der Waals surface area contributed by atoms with Crippen molar-refractivity contribution >= 4 is 11.2 Å². The quantitative estimate of drug-likeness (QED) is 0.885. The number of H-pyrrole nitrogens is 1. The van der Waals surface area contributed by atoms with Crippen molar-refractivity contribution in [2.24, 2.45) is 0 Å². The summed E-state index contributed by atoms with van der Waals surface area (Å²) in [4.78, 5) is 12.5. The number of fused-ring (bicyclic) bond motifs is 1. The zero-order chi connectivity index (χ0) is 13.3. The fourth-order valence-corrected chi connectivity index (χ4v) is 2.81. The highest BCUT2D eigenvalue weighted by Gasteiger charge is 2.36. The van der Waals surface area contributed by atoms with Gasteiger partial charge < -0.3 is 15.0 Å². The van der Waals surface area contributed by atoms with Crippen LogP contribution in [0.15, 0.2) is 12.1 Å². The standard InChI is InChI=1S/C14H20N4O/c1-3-14(8-5-9-15-14)13-16-10-6-7-11(19-4-2)17-12(10)18-13/h6-7,15H,3-5,8-9H2,1-2H3,(H,16,17,18). The van der Waals surface area contributed by atoms with Gasteiger partial charge in [-0.3, -0.25) is 0 Å². The summed E-state index contributed by atoms with van der Waals surface area (Å²) in [6.07, 6.45) is 3.36. The van der Waals surface area contributed by atoms with E-state index in [9.17, 15) is 0 Å². The molecule has 0 amide bonds. The zero-order valence-corrected chi connectivity index (χ0v) is 11.5. The average Bonchev–Trinajstić information content (AvgIpc) is 3.05. The molecular formula is C14H20N4O. The molecule has 1 fully saturated rings. The molecule has 5 heteroatoms. The van der Waals surface area contributed by atoms with E-state index in [0.717, 1.165) is 36.4 Å². The molecule has 2 N–H and O–H groups in total. The van der Waals surface area contributed by atoms with Crippen LogP contribution < -0.4 is 10.1 Å². The number of rotatable bonds is 4. The molecule has 2 aromatic heterocycles. The number of hydrogen-bond acceptors (Lipinski definition) is 4. The average molecular weight is 260 g/mol. The van der Waals surface area contributed by atoms with Crippen LogP contribution in [-0.4, -0.2) is 28.1 Å². The second-order valence-electron chi connectivity index (χ2n) is 5.01. The lowest BCUT2D eigenvalue weighted by Crippen LogP contribution is -2.37. The Labute approximate surface area is 112 Å². The van der Waals surface area contributed by atoms with Crippen molar-refractivity contribution in [1.82, 2.24) is 20.3 Å². The third-order valence-corrected chi connectivity index (χ3v) is 3.91. The van der Waals surface area contributed by atoms with Crippen LogP contribution in [0.4, 0.5) is 0 Å². The maximum Gasteiger partial charge on any atom is 0.215 e. The number of imidazole rings is 1. The molecule has 0 aromatic carbocycles. The van der Waals surface area contributed by atoms with E-state index in [0.29, 0.717) is 12.5 Å². The van der Waals surface area contributed by atoms with Crippen molar-refractivity contribution in [1.29, 1.82) is 0 Å². The Morgan fingerprint density at radius 1 is 1.32 bits per heavy atom. The maximum atomic E-state index is 5.42. The highest BCUT2D eigenvalue weighted by atomic mass is 16.5. The van der Waals surface area contributed by atoms with Crippen LogP contribution in [0.5, 0.6) is 5.88 Å². The van der Waals surface area contributed by atoms with Gasteiger partial charge in [-0.15, -0.1) is 0 Å². The Morgan fingerprint density at radius 2 is 2.21 bits per heavy atom. The third kappa shape index (κ3) is 2.08. The van der Waals surface area contributed by atoms with Gasteiger partial charge in [0.15, 0.2) is 5.65 Å². The van der Waals surface area contributed by atoms with Crippen molar-refractivity contribution in [3.05, 3.63) is 18.0 Å². The first kappa shape index (κ1) is 12.4. The Hall–Kier alpha value is -1.62. The minimum absolute atomic E-state index is 0.00746. The molecule has 1 aliphatic rings. The molecular weight excluding hydrogens is 240 g/mol. The fraction of sp³-hybridized carbons (Fsp3) is 0.571. The smallest absolute Gasteiger partial charge is 0.215 e. The lowest BCUT2D eigenvalue weighted by atomic mass is 9.93. The summed E-state index contributed by atoms with van der Waals surface area (Å²) in [6, 6.07) is 3.87. The first-order valence-corrected chi connectivity index (χ1v) is 7.02. The molecule has 3 rings (SSSR count). The van der Waals surface area contributed by atoms with E-state index >= 15 is 0 Å². The van der Waals surface area contributed by atoms with Crippen LogP contribution in [0, 0.1) is 0 Å². The Morgan fingerprint density at radius 3 is 2.89 bits per heavy atom. The van der Waals surface area contributed by atoms with Crippen LogP contribution in [-0.2, 0) is 5.54 Å². The largest absolute Gasteiger partial charge is 0.478 e. The molecule has 1 unspecified atom stereocenters. The van der Waals surface area contributed by atoms with Crippen LogP contribution in [0.25, 0.3) is 11.2 Å². The molecule has 1 saturated heterocycles. The molecule has 3 heterocycles. The molecule has 0 saturated carbocycles.